The van der Waals surface area contributed by atoms with Crippen molar-refractivity contribution in [2.24, 2.45) is 0 Å². The molecule has 0 aliphatic carbocycles. The third-order valence-electron chi connectivity index (χ3n) is 7.14. The predicted molar refractivity (Wildman–Crippen MR) is 165 cm³/mol. The second-order valence-electron chi connectivity index (χ2n) is 12.1. The molecule has 0 saturated heterocycles. The molecule has 2 unspecified atom stereocenters. The van der Waals surface area contributed by atoms with E-state index in [1.807, 2.05) is 51.1 Å². The highest BCUT2D eigenvalue weighted by atomic mass is 16.6. The highest BCUT2D eigenvalue weighted by Gasteiger charge is 2.43. The van der Waals surface area contributed by atoms with Gasteiger partial charge >= 0.3 is 6.09 Å². The smallest absolute Gasteiger partial charge is 0.408 e. The Labute approximate surface area is 253 Å². The largest absolute Gasteiger partial charge is 0.508 e. The number of hydrogen-bond acceptors (Lipinski definition) is 6. The van der Waals surface area contributed by atoms with Gasteiger partial charge in [0, 0.05) is 18.5 Å². The van der Waals surface area contributed by atoms with Crippen LogP contribution >= 0.6 is 0 Å². The van der Waals surface area contributed by atoms with E-state index in [4.69, 9.17) is 4.74 Å². The molecule has 9 heteroatoms. The van der Waals surface area contributed by atoms with Gasteiger partial charge in [0.1, 0.15) is 29.2 Å². The minimum Gasteiger partial charge on any atom is -0.508 e. The van der Waals surface area contributed by atoms with Gasteiger partial charge in [-0.3, -0.25) is 9.59 Å². The third-order valence-corrected chi connectivity index (χ3v) is 7.14. The molecular weight excluding hydrogens is 546 g/mol. The van der Waals surface area contributed by atoms with Crippen molar-refractivity contribution in [2.75, 3.05) is 0 Å². The summed E-state index contributed by atoms with van der Waals surface area (Å²) in [5.41, 5.74) is 0.441. The fraction of sp³-hybridized carbons (Fsp3) is 0.382. The van der Waals surface area contributed by atoms with E-state index >= 15 is 0 Å². The summed E-state index contributed by atoms with van der Waals surface area (Å²) in [4.78, 5) is 43.2. The molecule has 4 N–H and O–H groups in total. The number of nitrogens with zero attached hydrogens (tertiary/aromatic N) is 1. The summed E-state index contributed by atoms with van der Waals surface area (Å²) in [6.45, 7) is 11.1. The number of rotatable bonds is 11. The zero-order chi connectivity index (χ0) is 31.8. The number of alkyl carbamates (subject to hydrolysis) is 1. The average Bonchev–Trinajstić information content (AvgIpc) is 2.95. The lowest BCUT2D eigenvalue weighted by Gasteiger charge is -2.44. The molecule has 230 valence electrons. The SMILES string of the molecule is CCC(C)(C)N(C(=O)C(Cc1ccc(O)cc1)NC(=O)OC(C)(C)C)C(C(=O)NCc1ccccc1)c1ccc(O)cc1. The van der Waals surface area contributed by atoms with Crippen molar-refractivity contribution in [1.82, 2.24) is 15.5 Å². The lowest BCUT2D eigenvalue weighted by atomic mass is 9.91. The molecule has 0 aliphatic heterocycles. The van der Waals surface area contributed by atoms with E-state index in [9.17, 15) is 24.6 Å². The van der Waals surface area contributed by atoms with Gasteiger partial charge in [-0.1, -0.05) is 61.5 Å². The first-order valence-corrected chi connectivity index (χ1v) is 14.4. The maximum Gasteiger partial charge on any atom is 0.408 e. The second-order valence-corrected chi connectivity index (χ2v) is 12.1. The number of ether oxygens (including phenoxy) is 1. The van der Waals surface area contributed by atoms with E-state index in [0.29, 0.717) is 17.5 Å². The van der Waals surface area contributed by atoms with Gasteiger partial charge in [0.2, 0.25) is 11.8 Å². The molecule has 0 fully saturated rings. The molecule has 0 aromatic heterocycles. The maximum atomic E-state index is 14.7. The first kappa shape index (κ1) is 33.0. The summed E-state index contributed by atoms with van der Waals surface area (Å²) in [5.74, 6) is -0.802. The Bertz CT molecular complexity index is 1370. The molecule has 0 spiro atoms. The highest BCUT2D eigenvalue weighted by Crippen LogP contribution is 2.33. The lowest BCUT2D eigenvalue weighted by Crippen LogP contribution is -2.59. The van der Waals surface area contributed by atoms with Crippen LogP contribution in [0.25, 0.3) is 0 Å². The Balaban J connectivity index is 2.08. The van der Waals surface area contributed by atoms with Crippen molar-refractivity contribution in [2.45, 2.75) is 84.2 Å². The minimum atomic E-state index is -1.10. The van der Waals surface area contributed by atoms with Crippen molar-refractivity contribution in [3.8, 4) is 11.5 Å². The number of phenolic OH excluding ortho intramolecular Hbond substituents is 2. The minimum absolute atomic E-state index is 0.0246. The second kappa shape index (κ2) is 14.1. The van der Waals surface area contributed by atoms with E-state index in [-0.39, 0.29) is 24.5 Å². The molecular formula is C34H43N3O6. The van der Waals surface area contributed by atoms with Crippen molar-refractivity contribution >= 4 is 17.9 Å². The van der Waals surface area contributed by atoms with Crippen LogP contribution in [0.1, 0.15) is 70.7 Å². The molecule has 0 heterocycles. The summed E-state index contributed by atoms with van der Waals surface area (Å²) < 4.78 is 5.49. The van der Waals surface area contributed by atoms with Gasteiger partial charge in [-0.25, -0.2) is 4.79 Å². The molecule has 2 atom stereocenters. The Morgan fingerprint density at radius 1 is 0.814 bits per heavy atom. The van der Waals surface area contributed by atoms with Crippen LogP contribution in [-0.2, 0) is 27.3 Å². The molecule has 0 saturated carbocycles. The van der Waals surface area contributed by atoms with E-state index in [0.717, 1.165) is 5.56 Å². The molecule has 3 aromatic rings. The van der Waals surface area contributed by atoms with Gasteiger partial charge in [0.05, 0.1) is 0 Å². The number of phenols is 2. The van der Waals surface area contributed by atoms with Crippen LogP contribution in [0.2, 0.25) is 0 Å². The summed E-state index contributed by atoms with van der Waals surface area (Å²) in [7, 11) is 0. The predicted octanol–water partition coefficient (Wildman–Crippen LogP) is 5.61. The summed E-state index contributed by atoms with van der Waals surface area (Å²) in [6.07, 6.45) is -0.186. The monoisotopic (exact) mass is 589 g/mol. The number of carbonyl (C=O) groups excluding carboxylic acids is 3. The van der Waals surface area contributed by atoms with Crippen LogP contribution in [0.3, 0.4) is 0 Å². The number of hydrogen-bond donors (Lipinski definition) is 4. The van der Waals surface area contributed by atoms with Crippen molar-refractivity contribution < 1.29 is 29.3 Å². The summed E-state index contributed by atoms with van der Waals surface area (Å²) in [5, 5.41) is 25.5. The Morgan fingerprint density at radius 2 is 1.37 bits per heavy atom. The first-order chi connectivity index (χ1) is 20.2. The fourth-order valence-corrected chi connectivity index (χ4v) is 4.59. The molecule has 0 aliphatic rings. The normalized spacial score (nSPS) is 13.0. The van der Waals surface area contributed by atoms with E-state index < -0.39 is 41.1 Å². The third kappa shape index (κ3) is 9.49. The van der Waals surface area contributed by atoms with Gasteiger partial charge in [-0.15, -0.1) is 0 Å². The zero-order valence-electron chi connectivity index (χ0n) is 25.8. The summed E-state index contributed by atoms with van der Waals surface area (Å²) in [6, 6.07) is 19.8. The Kier molecular flexibility index (Phi) is 10.8. The summed E-state index contributed by atoms with van der Waals surface area (Å²) >= 11 is 0. The fourth-order valence-electron chi connectivity index (χ4n) is 4.59. The molecule has 43 heavy (non-hydrogen) atoms. The van der Waals surface area contributed by atoms with Crippen LogP contribution in [-0.4, -0.2) is 50.2 Å². The molecule has 0 bridgehead atoms. The number of amides is 3. The topological polar surface area (TPSA) is 128 Å². The molecule has 9 nitrogen and oxygen atoms in total. The Hall–Kier alpha value is -4.53. The van der Waals surface area contributed by atoms with Crippen molar-refractivity contribution in [3.63, 3.8) is 0 Å². The molecule has 0 radical (unpaired) electrons. The van der Waals surface area contributed by atoms with Gasteiger partial charge in [-0.2, -0.15) is 0 Å². The van der Waals surface area contributed by atoms with Gasteiger partial charge in [0.15, 0.2) is 0 Å². The van der Waals surface area contributed by atoms with Crippen LogP contribution in [0.4, 0.5) is 4.79 Å². The van der Waals surface area contributed by atoms with Crippen LogP contribution in [0.5, 0.6) is 11.5 Å². The number of aromatic hydroxyl groups is 2. The number of carbonyl (C=O) groups is 3. The molecule has 3 aromatic carbocycles. The molecule has 3 amide bonds. The lowest BCUT2D eigenvalue weighted by molar-refractivity contribution is -0.149. The zero-order valence-corrected chi connectivity index (χ0v) is 25.8. The number of benzene rings is 3. The van der Waals surface area contributed by atoms with Gasteiger partial charge in [0.25, 0.3) is 0 Å². The van der Waals surface area contributed by atoms with Gasteiger partial charge in [-0.05, 0) is 82.0 Å². The van der Waals surface area contributed by atoms with Crippen LogP contribution in [0.15, 0.2) is 78.9 Å². The van der Waals surface area contributed by atoms with Gasteiger partial charge < -0.3 is 30.5 Å². The molecule has 3 rings (SSSR count). The highest BCUT2D eigenvalue weighted by molar-refractivity contribution is 5.93. The van der Waals surface area contributed by atoms with E-state index in [1.165, 1.54) is 29.2 Å². The quantitative estimate of drug-likeness (QED) is 0.230. The van der Waals surface area contributed by atoms with E-state index in [1.54, 1.807) is 45.0 Å². The van der Waals surface area contributed by atoms with Crippen LogP contribution in [0, 0.1) is 0 Å². The van der Waals surface area contributed by atoms with Crippen molar-refractivity contribution in [1.29, 1.82) is 0 Å². The first-order valence-electron chi connectivity index (χ1n) is 14.4. The van der Waals surface area contributed by atoms with Crippen LogP contribution < -0.4 is 10.6 Å². The maximum absolute atomic E-state index is 14.7. The Morgan fingerprint density at radius 3 is 1.91 bits per heavy atom. The number of nitrogens with one attached hydrogen (secondary N) is 2. The standard InChI is InChI=1S/C34H43N3O6/c1-7-34(5,6)37(29(25-15-19-27(39)20-16-25)30(40)35-22-24-11-9-8-10-12-24)31(41)28(36-32(42)43-33(2,3)4)21-23-13-17-26(38)18-14-23/h8-20,28-29,38-39H,7,21-22H2,1-6H3,(H,35,40)(H,36,42). The average molecular weight is 590 g/mol. The van der Waals surface area contributed by atoms with E-state index in [2.05, 4.69) is 10.6 Å². The van der Waals surface area contributed by atoms with Crippen molar-refractivity contribution in [3.05, 3.63) is 95.6 Å².